The molecule has 0 aliphatic carbocycles. The Kier molecular flexibility index (Phi) is 2.06. The number of nitrogens with zero attached hydrogens (tertiary/aromatic N) is 1. The van der Waals surface area contributed by atoms with Gasteiger partial charge >= 0.3 is 0 Å². The van der Waals surface area contributed by atoms with Gasteiger partial charge in [-0.15, -0.1) is 0 Å². The lowest BCUT2D eigenvalue weighted by molar-refractivity contribution is -0.242. The van der Waals surface area contributed by atoms with Crippen LogP contribution in [0.15, 0.2) is 0 Å². The molecule has 3 aliphatic heterocycles. The maximum Gasteiger partial charge on any atom is 0.107 e. The number of fused-ring (bicyclic) bond motifs is 3. The third kappa shape index (κ3) is 1.21. The molecule has 2 bridgehead atoms. The van der Waals surface area contributed by atoms with E-state index in [2.05, 4.69) is 5.06 Å². The van der Waals surface area contributed by atoms with Crippen LogP contribution in [0.4, 0.5) is 0 Å². The van der Waals surface area contributed by atoms with E-state index in [-0.39, 0.29) is 17.7 Å². The van der Waals surface area contributed by atoms with Crippen molar-refractivity contribution in [3.63, 3.8) is 0 Å². The number of hydroxylamine groups is 2. The highest BCUT2D eigenvalue weighted by Crippen LogP contribution is 2.43. The Morgan fingerprint density at radius 2 is 2.07 bits per heavy atom. The van der Waals surface area contributed by atoms with Gasteiger partial charge in [-0.05, 0) is 25.7 Å². The summed E-state index contributed by atoms with van der Waals surface area (Å²) in [6, 6.07) is 0. The Bertz CT molecular complexity index is 227. The van der Waals surface area contributed by atoms with Crippen LogP contribution in [-0.4, -0.2) is 47.7 Å². The third-order valence-electron chi connectivity index (χ3n) is 3.85. The second-order valence-electron chi connectivity index (χ2n) is 4.64. The summed E-state index contributed by atoms with van der Waals surface area (Å²) in [5.41, 5.74) is 0.181. The van der Waals surface area contributed by atoms with Crippen molar-refractivity contribution in [2.45, 2.75) is 43.4 Å². The fraction of sp³-hybridized carbons (Fsp3) is 1.00. The van der Waals surface area contributed by atoms with Crippen molar-refractivity contribution in [2.75, 3.05) is 19.8 Å². The van der Waals surface area contributed by atoms with Gasteiger partial charge in [0.25, 0.3) is 0 Å². The van der Waals surface area contributed by atoms with E-state index >= 15 is 0 Å². The molecule has 0 radical (unpaired) electrons. The molecular weight excluding hydrogens is 182 g/mol. The van der Waals surface area contributed by atoms with E-state index in [9.17, 15) is 5.11 Å². The van der Waals surface area contributed by atoms with E-state index in [1.165, 1.54) is 0 Å². The Morgan fingerprint density at radius 3 is 2.79 bits per heavy atom. The SMILES string of the molecule is O[C@@H]1CCN2O[C@H]1CC21CCOCC1. The Labute approximate surface area is 83.7 Å². The second kappa shape index (κ2) is 3.17. The largest absolute Gasteiger partial charge is 0.390 e. The summed E-state index contributed by atoms with van der Waals surface area (Å²) in [5, 5.41) is 11.8. The molecule has 3 atom stereocenters. The maximum absolute atomic E-state index is 9.73. The topological polar surface area (TPSA) is 41.9 Å². The van der Waals surface area contributed by atoms with E-state index in [1.54, 1.807) is 0 Å². The first-order chi connectivity index (χ1) is 6.80. The van der Waals surface area contributed by atoms with Gasteiger partial charge in [-0.25, -0.2) is 0 Å². The minimum Gasteiger partial charge on any atom is -0.390 e. The number of hydrogen-bond acceptors (Lipinski definition) is 4. The van der Waals surface area contributed by atoms with Gasteiger partial charge in [0.05, 0.1) is 11.6 Å². The fourth-order valence-electron chi connectivity index (χ4n) is 2.93. The first-order valence-electron chi connectivity index (χ1n) is 5.50. The molecule has 1 spiro atoms. The van der Waals surface area contributed by atoms with Gasteiger partial charge in [0, 0.05) is 19.8 Å². The molecule has 1 N–H and O–H groups in total. The Hall–Kier alpha value is -0.160. The molecule has 80 valence electrons. The third-order valence-corrected chi connectivity index (χ3v) is 3.85. The standard InChI is InChI=1S/C10H17NO3/c12-8-1-4-11-10(7-9(8)14-11)2-5-13-6-3-10/h8-9,12H,1-7H2/t8-,9+/m1/s1. The van der Waals surface area contributed by atoms with Crippen LogP contribution < -0.4 is 0 Å². The van der Waals surface area contributed by atoms with Crippen LogP contribution in [0, 0.1) is 0 Å². The van der Waals surface area contributed by atoms with E-state index < -0.39 is 0 Å². The van der Waals surface area contributed by atoms with E-state index in [4.69, 9.17) is 9.57 Å². The molecule has 3 aliphatic rings. The van der Waals surface area contributed by atoms with Crippen LogP contribution in [-0.2, 0) is 9.57 Å². The van der Waals surface area contributed by atoms with E-state index in [0.717, 1.165) is 45.4 Å². The summed E-state index contributed by atoms with van der Waals surface area (Å²) in [6.07, 6.45) is 3.73. The van der Waals surface area contributed by atoms with Crippen molar-refractivity contribution in [2.24, 2.45) is 0 Å². The van der Waals surface area contributed by atoms with Gasteiger partial charge in [0.1, 0.15) is 6.10 Å². The molecule has 1 unspecified atom stereocenters. The van der Waals surface area contributed by atoms with Gasteiger partial charge < -0.3 is 9.84 Å². The molecule has 0 aromatic carbocycles. The van der Waals surface area contributed by atoms with Crippen LogP contribution in [0.25, 0.3) is 0 Å². The zero-order valence-electron chi connectivity index (χ0n) is 8.32. The first-order valence-corrected chi connectivity index (χ1v) is 5.50. The minimum absolute atomic E-state index is 0.0434. The molecule has 0 aromatic rings. The van der Waals surface area contributed by atoms with Crippen molar-refractivity contribution < 1.29 is 14.7 Å². The van der Waals surface area contributed by atoms with Crippen LogP contribution in [0.2, 0.25) is 0 Å². The quantitative estimate of drug-likeness (QED) is 0.609. The minimum atomic E-state index is -0.256. The van der Waals surface area contributed by atoms with Gasteiger partial charge in [-0.2, -0.15) is 5.06 Å². The monoisotopic (exact) mass is 199 g/mol. The zero-order chi connectivity index (χ0) is 9.60. The molecule has 14 heavy (non-hydrogen) atoms. The molecule has 0 amide bonds. The summed E-state index contributed by atoms with van der Waals surface area (Å²) in [6.45, 7) is 2.54. The predicted molar refractivity (Wildman–Crippen MR) is 49.6 cm³/mol. The average molecular weight is 199 g/mol. The molecular formula is C10H17NO3. The van der Waals surface area contributed by atoms with Gasteiger partial charge in [-0.3, -0.25) is 4.84 Å². The molecule has 4 nitrogen and oxygen atoms in total. The van der Waals surface area contributed by atoms with Crippen molar-refractivity contribution in [1.82, 2.24) is 5.06 Å². The van der Waals surface area contributed by atoms with Crippen LogP contribution in [0.5, 0.6) is 0 Å². The number of ether oxygens (including phenoxy) is 1. The normalized spacial score (nSPS) is 45.6. The number of aliphatic hydroxyl groups is 1. The summed E-state index contributed by atoms with van der Waals surface area (Å²) in [4.78, 5) is 5.73. The van der Waals surface area contributed by atoms with Gasteiger partial charge in [-0.1, -0.05) is 0 Å². The molecule has 4 heteroatoms. The predicted octanol–water partition coefficient (Wildman–Crippen LogP) is 0.306. The fourth-order valence-corrected chi connectivity index (χ4v) is 2.93. The van der Waals surface area contributed by atoms with Crippen molar-refractivity contribution >= 4 is 0 Å². The van der Waals surface area contributed by atoms with E-state index in [1.807, 2.05) is 0 Å². The Balaban J connectivity index is 1.81. The van der Waals surface area contributed by atoms with Gasteiger partial charge in [0.15, 0.2) is 0 Å². The maximum atomic E-state index is 9.73. The van der Waals surface area contributed by atoms with Crippen molar-refractivity contribution in [3.05, 3.63) is 0 Å². The summed E-state index contributed by atoms with van der Waals surface area (Å²) in [7, 11) is 0. The van der Waals surface area contributed by atoms with Crippen molar-refractivity contribution in [1.29, 1.82) is 0 Å². The highest BCUT2D eigenvalue weighted by Gasteiger charge is 2.52. The molecule has 3 rings (SSSR count). The summed E-state index contributed by atoms with van der Waals surface area (Å²) in [5.74, 6) is 0. The van der Waals surface area contributed by atoms with E-state index in [0.29, 0.717) is 0 Å². The molecule has 3 saturated heterocycles. The average Bonchev–Trinajstić information content (AvgIpc) is 2.49. The van der Waals surface area contributed by atoms with Crippen LogP contribution in [0.1, 0.15) is 25.7 Å². The van der Waals surface area contributed by atoms with Gasteiger partial charge in [0.2, 0.25) is 0 Å². The van der Waals surface area contributed by atoms with Crippen molar-refractivity contribution in [3.8, 4) is 0 Å². The lowest BCUT2D eigenvalue weighted by Crippen LogP contribution is -2.48. The molecule has 0 aromatic heterocycles. The smallest absolute Gasteiger partial charge is 0.107 e. The number of rotatable bonds is 0. The van der Waals surface area contributed by atoms with Crippen LogP contribution in [0.3, 0.4) is 0 Å². The molecule has 3 heterocycles. The number of aliphatic hydroxyl groups excluding tert-OH is 1. The lowest BCUT2D eigenvalue weighted by atomic mass is 9.85. The van der Waals surface area contributed by atoms with Crippen LogP contribution >= 0.6 is 0 Å². The second-order valence-corrected chi connectivity index (χ2v) is 4.64. The lowest BCUT2D eigenvalue weighted by Gasteiger charge is -2.39. The highest BCUT2D eigenvalue weighted by atomic mass is 16.7. The summed E-state index contributed by atoms with van der Waals surface area (Å²) >= 11 is 0. The first kappa shape index (κ1) is 9.09. The molecule has 3 fully saturated rings. The number of hydrogen-bond donors (Lipinski definition) is 1. The summed E-state index contributed by atoms with van der Waals surface area (Å²) < 4.78 is 5.39. The Morgan fingerprint density at radius 1 is 1.29 bits per heavy atom. The molecule has 0 saturated carbocycles. The zero-order valence-corrected chi connectivity index (χ0v) is 8.32. The highest BCUT2D eigenvalue weighted by molar-refractivity contribution is 5.00.